The Morgan fingerprint density at radius 3 is 3.05 bits per heavy atom. The smallest absolute Gasteiger partial charge is 0.253 e. The average molecular weight is 268 g/mol. The van der Waals surface area contributed by atoms with Gasteiger partial charge in [-0.3, -0.25) is 9.78 Å². The van der Waals surface area contributed by atoms with E-state index in [9.17, 15) is 4.79 Å². The van der Waals surface area contributed by atoms with Gasteiger partial charge in [-0.25, -0.2) is 0 Å². The number of H-pyrrole nitrogens is 1. The summed E-state index contributed by atoms with van der Waals surface area (Å²) in [5.41, 5.74) is 2.29. The van der Waals surface area contributed by atoms with Crippen molar-refractivity contribution in [3.05, 3.63) is 53.6 Å². The zero-order valence-corrected chi connectivity index (χ0v) is 11.3. The summed E-state index contributed by atoms with van der Waals surface area (Å²) >= 11 is 0. The molecule has 0 aliphatic carbocycles. The van der Waals surface area contributed by atoms with Crippen molar-refractivity contribution >= 4 is 5.91 Å². The van der Waals surface area contributed by atoms with Crippen LogP contribution in [-0.2, 0) is 12.8 Å². The summed E-state index contributed by atoms with van der Waals surface area (Å²) in [6.45, 7) is 0.634. The van der Waals surface area contributed by atoms with E-state index in [1.165, 1.54) is 0 Å². The maximum absolute atomic E-state index is 12.3. The summed E-state index contributed by atoms with van der Waals surface area (Å²) in [5, 5.41) is 8.66. The van der Waals surface area contributed by atoms with Crippen LogP contribution in [-0.4, -0.2) is 34.4 Å². The van der Waals surface area contributed by atoms with Crippen LogP contribution in [0.2, 0.25) is 0 Å². The Labute approximate surface area is 117 Å². The molecule has 0 radical (unpaired) electrons. The number of pyridine rings is 1. The van der Waals surface area contributed by atoms with Gasteiger partial charge in [0.2, 0.25) is 0 Å². The number of hydrogen-bond donors (Lipinski definition) is 1. The van der Waals surface area contributed by atoms with E-state index in [0.29, 0.717) is 17.8 Å². The Hall–Kier alpha value is -2.61. The quantitative estimate of drug-likeness (QED) is 0.898. The minimum Gasteiger partial charge on any atom is -0.365 e. The van der Waals surface area contributed by atoms with Crippen molar-refractivity contribution in [1.29, 1.82) is 5.26 Å². The normalized spacial score (nSPS) is 10.0. The van der Waals surface area contributed by atoms with Crippen LogP contribution in [0.3, 0.4) is 0 Å². The van der Waals surface area contributed by atoms with E-state index >= 15 is 0 Å². The number of carbonyl (C=O) groups excluding carboxylic acids is 1. The third kappa shape index (κ3) is 3.45. The Bertz CT molecular complexity index is 613. The lowest BCUT2D eigenvalue weighted by atomic mass is 10.1. The minimum atomic E-state index is -0.0573. The first-order valence-corrected chi connectivity index (χ1v) is 6.40. The van der Waals surface area contributed by atoms with Crippen molar-refractivity contribution in [3.63, 3.8) is 0 Å². The van der Waals surface area contributed by atoms with Crippen LogP contribution in [0.15, 0.2) is 36.7 Å². The highest BCUT2D eigenvalue weighted by Gasteiger charge is 2.12. The number of nitrogens with one attached hydrogen (secondary N) is 1. The highest BCUT2D eigenvalue weighted by atomic mass is 16.2. The van der Waals surface area contributed by atoms with Gasteiger partial charge in [-0.05, 0) is 24.3 Å². The largest absolute Gasteiger partial charge is 0.365 e. The summed E-state index contributed by atoms with van der Waals surface area (Å²) < 4.78 is 0. The van der Waals surface area contributed by atoms with Crippen molar-refractivity contribution < 1.29 is 4.79 Å². The summed E-state index contributed by atoms with van der Waals surface area (Å²) in [4.78, 5) is 21.1. The molecule has 0 spiro atoms. The second-order valence-corrected chi connectivity index (χ2v) is 4.54. The number of aromatic amines is 1. The highest BCUT2D eigenvalue weighted by Crippen LogP contribution is 2.07. The number of rotatable bonds is 5. The maximum atomic E-state index is 12.3. The molecular weight excluding hydrogens is 252 g/mol. The van der Waals surface area contributed by atoms with Gasteiger partial charge in [0, 0.05) is 43.7 Å². The Morgan fingerprint density at radius 1 is 1.50 bits per heavy atom. The monoisotopic (exact) mass is 268 g/mol. The second kappa shape index (κ2) is 6.53. The molecule has 0 aromatic carbocycles. The number of nitriles is 1. The number of likely N-dealkylation sites (N-methyl/N-ethyl adjacent to an activating group) is 1. The molecule has 0 atom stereocenters. The van der Waals surface area contributed by atoms with Crippen LogP contribution in [0, 0.1) is 11.3 Å². The van der Waals surface area contributed by atoms with Gasteiger partial charge in [-0.15, -0.1) is 0 Å². The number of carbonyl (C=O) groups is 1. The van der Waals surface area contributed by atoms with E-state index < -0.39 is 0 Å². The number of aromatic nitrogens is 2. The molecular formula is C15H16N4O. The van der Waals surface area contributed by atoms with E-state index in [2.05, 4.69) is 9.97 Å². The topological polar surface area (TPSA) is 72.8 Å². The molecule has 1 amide bonds. The van der Waals surface area contributed by atoms with E-state index in [-0.39, 0.29) is 12.3 Å². The maximum Gasteiger partial charge on any atom is 0.253 e. The van der Waals surface area contributed by atoms with Gasteiger partial charge in [-0.2, -0.15) is 5.26 Å². The lowest BCUT2D eigenvalue weighted by Gasteiger charge is -2.17. The predicted octanol–water partition coefficient (Wildman–Crippen LogP) is 1.79. The molecule has 5 nitrogen and oxygen atoms in total. The van der Waals surface area contributed by atoms with Gasteiger partial charge in [0.1, 0.15) is 0 Å². The fraction of sp³-hybridized carbons (Fsp3) is 0.267. The summed E-state index contributed by atoms with van der Waals surface area (Å²) in [6, 6.07) is 9.32. The molecule has 0 aliphatic rings. The lowest BCUT2D eigenvalue weighted by molar-refractivity contribution is 0.0796. The molecule has 20 heavy (non-hydrogen) atoms. The molecule has 0 aliphatic heterocycles. The molecule has 102 valence electrons. The minimum absolute atomic E-state index is 0.0573. The first kappa shape index (κ1) is 13.8. The summed E-state index contributed by atoms with van der Waals surface area (Å²) in [6.07, 6.45) is 4.44. The average Bonchev–Trinajstić information content (AvgIpc) is 2.98. The molecule has 0 saturated carbocycles. The third-order valence-corrected chi connectivity index (χ3v) is 3.05. The van der Waals surface area contributed by atoms with E-state index in [4.69, 9.17) is 5.26 Å². The van der Waals surface area contributed by atoms with Crippen LogP contribution < -0.4 is 0 Å². The lowest BCUT2D eigenvalue weighted by Crippen LogP contribution is -2.29. The Balaban J connectivity index is 1.99. The van der Waals surface area contributed by atoms with E-state index in [1.54, 1.807) is 30.3 Å². The van der Waals surface area contributed by atoms with Crippen LogP contribution in [0.25, 0.3) is 0 Å². The summed E-state index contributed by atoms with van der Waals surface area (Å²) in [5.74, 6) is -0.0573. The predicted molar refractivity (Wildman–Crippen MR) is 75.0 cm³/mol. The Kier molecular flexibility index (Phi) is 4.51. The molecule has 2 aromatic heterocycles. The molecule has 2 aromatic rings. The van der Waals surface area contributed by atoms with Gasteiger partial charge >= 0.3 is 0 Å². The van der Waals surface area contributed by atoms with Crippen LogP contribution in [0.1, 0.15) is 21.7 Å². The number of hydrogen-bond acceptors (Lipinski definition) is 3. The fourth-order valence-corrected chi connectivity index (χ4v) is 1.92. The SMILES string of the molecule is CN(CCc1ccc[nH]1)C(=O)c1ccnc(CC#N)c1. The van der Waals surface area contributed by atoms with Gasteiger partial charge in [-0.1, -0.05) is 0 Å². The Morgan fingerprint density at radius 2 is 2.35 bits per heavy atom. The molecule has 1 N–H and O–H groups in total. The molecule has 0 fully saturated rings. The zero-order valence-electron chi connectivity index (χ0n) is 11.3. The highest BCUT2D eigenvalue weighted by molar-refractivity contribution is 5.94. The second-order valence-electron chi connectivity index (χ2n) is 4.54. The van der Waals surface area contributed by atoms with Gasteiger partial charge in [0.15, 0.2) is 0 Å². The van der Waals surface area contributed by atoms with Crippen LogP contribution in [0.4, 0.5) is 0 Å². The van der Waals surface area contributed by atoms with E-state index in [0.717, 1.165) is 12.1 Å². The molecule has 2 rings (SSSR count). The molecule has 0 unspecified atom stereocenters. The van der Waals surface area contributed by atoms with Crippen molar-refractivity contribution in [2.45, 2.75) is 12.8 Å². The first-order chi connectivity index (χ1) is 9.70. The standard InChI is InChI=1S/C15H16N4O/c1-19(10-6-13-3-2-8-17-13)15(20)12-5-9-18-14(11-12)4-7-16/h2-3,5,8-9,11,17H,4,6,10H2,1H3. The third-order valence-electron chi connectivity index (χ3n) is 3.05. The first-order valence-electron chi connectivity index (χ1n) is 6.40. The van der Waals surface area contributed by atoms with Gasteiger partial charge < -0.3 is 9.88 Å². The number of amides is 1. The van der Waals surface area contributed by atoms with Gasteiger partial charge in [0.05, 0.1) is 18.2 Å². The van der Waals surface area contributed by atoms with Crippen LogP contribution >= 0.6 is 0 Å². The van der Waals surface area contributed by atoms with Crippen molar-refractivity contribution in [1.82, 2.24) is 14.9 Å². The van der Waals surface area contributed by atoms with Crippen molar-refractivity contribution in [2.75, 3.05) is 13.6 Å². The van der Waals surface area contributed by atoms with Crippen molar-refractivity contribution in [2.24, 2.45) is 0 Å². The molecule has 2 heterocycles. The zero-order chi connectivity index (χ0) is 14.4. The van der Waals surface area contributed by atoms with Crippen molar-refractivity contribution in [3.8, 4) is 6.07 Å². The van der Waals surface area contributed by atoms with Gasteiger partial charge in [0.25, 0.3) is 5.91 Å². The van der Waals surface area contributed by atoms with Crippen LogP contribution in [0.5, 0.6) is 0 Å². The van der Waals surface area contributed by atoms with E-state index in [1.807, 2.05) is 24.4 Å². The molecule has 0 bridgehead atoms. The summed E-state index contributed by atoms with van der Waals surface area (Å²) in [7, 11) is 1.77. The number of nitrogens with zero attached hydrogens (tertiary/aromatic N) is 3. The molecule has 0 saturated heterocycles. The fourth-order valence-electron chi connectivity index (χ4n) is 1.92. The molecule has 5 heteroatoms.